The maximum atomic E-state index is 13.1. The van der Waals surface area contributed by atoms with E-state index in [2.05, 4.69) is 4.98 Å². The number of methoxy groups -OCH3 is 1. The molecule has 0 unspecified atom stereocenters. The lowest BCUT2D eigenvalue weighted by Gasteiger charge is -2.32. The second kappa shape index (κ2) is 7.95. The van der Waals surface area contributed by atoms with E-state index in [1.165, 1.54) is 0 Å². The Kier molecular flexibility index (Phi) is 5.01. The van der Waals surface area contributed by atoms with Gasteiger partial charge >= 0.3 is 0 Å². The van der Waals surface area contributed by atoms with E-state index in [0.29, 0.717) is 18.3 Å². The zero-order valence-corrected chi connectivity index (χ0v) is 17.5. The molecule has 6 heteroatoms. The summed E-state index contributed by atoms with van der Waals surface area (Å²) in [5, 5.41) is 2.78. The molecule has 30 heavy (non-hydrogen) atoms. The number of benzene rings is 3. The molecule has 0 saturated carbocycles. The van der Waals surface area contributed by atoms with Gasteiger partial charge in [0, 0.05) is 37.6 Å². The van der Waals surface area contributed by atoms with E-state index in [0.717, 1.165) is 45.1 Å². The van der Waals surface area contributed by atoms with Gasteiger partial charge in [-0.3, -0.25) is 4.79 Å². The van der Waals surface area contributed by atoms with Gasteiger partial charge < -0.3 is 14.4 Å². The number of thiazole rings is 1. The average molecular weight is 419 g/mol. The quantitative estimate of drug-likeness (QED) is 0.460. The van der Waals surface area contributed by atoms with E-state index in [1.807, 2.05) is 65.6 Å². The van der Waals surface area contributed by atoms with Crippen LogP contribution in [-0.2, 0) is 0 Å². The summed E-state index contributed by atoms with van der Waals surface area (Å²) in [5.74, 6) is 0.886. The van der Waals surface area contributed by atoms with Gasteiger partial charge in [-0.25, -0.2) is 4.98 Å². The number of carbonyl (C=O) groups is 1. The summed E-state index contributed by atoms with van der Waals surface area (Å²) in [6.07, 6.45) is 1.68. The summed E-state index contributed by atoms with van der Waals surface area (Å²) in [6.45, 7) is 1.37. The van der Waals surface area contributed by atoms with E-state index in [4.69, 9.17) is 9.47 Å². The van der Waals surface area contributed by atoms with E-state index in [1.54, 1.807) is 18.4 Å². The lowest BCUT2D eigenvalue weighted by atomic mass is 10.0. The van der Waals surface area contributed by atoms with Gasteiger partial charge in [0.1, 0.15) is 11.9 Å². The molecule has 1 amide bonds. The van der Waals surface area contributed by atoms with Crippen LogP contribution in [0.2, 0.25) is 0 Å². The molecule has 152 valence electrons. The molecule has 5 nitrogen and oxygen atoms in total. The topological polar surface area (TPSA) is 51.7 Å². The van der Waals surface area contributed by atoms with Gasteiger partial charge in [0.15, 0.2) is 0 Å². The van der Waals surface area contributed by atoms with Crippen molar-refractivity contribution in [2.75, 3.05) is 20.2 Å². The number of fused-ring (bicyclic) bond motifs is 2. The van der Waals surface area contributed by atoms with Gasteiger partial charge in [-0.15, -0.1) is 0 Å². The molecule has 0 aliphatic carbocycles. The summed E-state index contributed by atoms with van der Waals surface area (Å²) < 4.78 is 12.5. The first-order chi connectivity index (χ1) is 14.7. The molecular weight excluding hydrogens is 396 g/mol. The van der Waals surface area contributed by atoms with Crippen molar-refractivity contribution in [1.82, 2.24) is 9.88 Å². The SMILES string of the molecule is COc1ccc2sc(OC3CCN(C(=O)c4cccc5ccccc45)CC3)nc2c1. The molecule has 2 heterocycles. The minimum Gasteiger partial charge on any atom is -0.497 e. The van der Waals surface area contributed by atoms with Gasteiger partial charge in [0.2, 0.25) is 0 Å². The number of aromatic nitrogens is 1. The van der Waals surface area contributed by atoms with Crippen LogP contribution in [0.3, 0.4) is 0 Å². The smallest absolute Gasteiger partial charge is 0.274 e. The molecule has 0 bridgehead atoms. The Morgan fingerprint density at radius 1 is 1.07 bits per heavy atom. The summed E-state index contributed by atoms with van der Waals surface area (Å²) in [5.41, 5.74) is 1.66. The maximum Gasteiger partial charge on any atom is 0.274 e. The average Bonchev–Trinajstić information content (AvgIpc) is 3.20. The summed E-state index contributed by atoms with van der Waals surface area (Å²) >= 11 is 1.55. The fraction of sp³-hybridized carbons (Fsp3) is 0.250. The minimum absolute atomic E-state index is 0.0732. The summed E-state index contributed by atoms with van der Waals surface area (Å²) in [6, 6.07) is 19.8. The van der Waals surface area contributed by atoms with Crippen molar-refractivity contribution in [3.63, 3.8) is 0 Å². The molecule has 1 fully saturated rings. The van der Waals surface area contributed by atoms with Crippen LogP contribution in [0.4, 0.5) is 0 Å². The van der Waals surface area contributed by atoms with Crippen LogP contribution in [0, 0.1) is 0 Å². The zero-order valence-electron chi connectivity index (χ0n) is 16.7. The van der Waals surface area contributed by atoms with Gasteiger partial charge in [0.05, 0.1) is 17.3 Å². The third-order valence-corrected chi connectivity index (χ3v) is 6.52. The highest BCUT2D eigenvalue weighted by Crippen LogP contribution is 2.32. The number of hydrogen-bond donors (Lipinski definition) is 0. The molecule has 1 aliphatic rings. The minimum atomic E-state index is 0.0732. The first-order valence-corrected chi connectivity index (χ1v) is 10.9. The Hall–Kier alpha value is -3.12. The van der Waals surface area contributed by atoms with E-state index in [-0.39, 0.29) is 12.0 Å². The summed E-state index contributed by atoms with van der Waals surface area (Å²) in [7, 11) is 1.65. The number of amides is 1. The van der Waals surface area contributed by atoms with Crippen molar-refractivity contribution >= 4 is 38.2 Å². The molecule has 5 rings (SSSR count). The van der Waals surface area contributed by atoms with Crippen LogP contribution < -0.4 is 9.47 Å². The van der Waals surface area contributed by atoms with Crippen LogP contribution in [0.5, 0.6) is 10.9 Å². The molecule has 3 aromatic carbocycles. The first kappa shape index (κ1) is 18.9. The highest BCUT2D eigenvalue weighted by atomic mass is 32.1. The van der Waals surface area contributed by atoms with Crippen molar-refractivity contribution in [2.24, 2.45) is 0 Å². The van der Waals surface area contributed by atoms with E-state index >= 15 is 0 Å². The Balaban J connectivity index is 1.25. The molecule has 1 aliphatic heterocycles. The molecule has 0 spiro atoms. The van der Waals surface area contributed by atoms with Crippen molar-refractivity contribution < 1.29 is 14.3 Å². The number of piperidine rings is 1. The normalized spacial score (nSPS) is 14.9. The second-order valence-corrected chi connectivity index (χ2v) is 8.44. The standard InChI is InChI=1S/C24H22N2O3S/c1-28-18-9-10-22-21(15-18)25-24(30-22)29-17-11-13-26(14-12-17)23(27)20-8-4-6-16-5-2-3-7-19(16)20/h2-10,15,17H,11-14H2,1H3. The number of likely N-dealkylation sites (tertiary alicyclic amines) is 1. The van der Waals surface area contributed by atoms with Crippen LogP contribution >= 0.6 is 11.3 Å². The van der Waals surface area contributed by atoms with E-state index < -0.39 is 0 Å². The van der Waals surface area contributed by atoms with Crippen molar-refractivity contribution in [1.29, 1.82) is 0 Å². The molecule has 1 saturated heterocycles. The second-order valence-electron chi connectivity index (χ2n) is 7.45. The Labute approximate surface area is 178 Å². The molecule has 0 N–H and O–H groups in total. The largest absolute Gasteiger partial charge is 0.497 e. The van der Waals surface area contributed by atoms with Gasteiger partial charge in [-0.05, 0) is 29.0 Å². The molecule has 4 aromatic rings. The predicted octanol–water partition coefficient (Wildman–Crippen LogP) is 5.14. The van der Waals surface area contributed by atoms with Crippen LogP contribution in [0.1, 0.15) is 23.2 Å². The Morgan fingerprint density at radius 2 is 1.87 bits per heavy atom. The zero-order chi connectivity index (χ0) is 20.5. The highest BCUT2D eigenvalue weighted by molar-refractivity contribution is 7.20. The van der Waals surface area contributed by atoms with Crippen LogP contribution in [0.15, 0.2) is 60.7 Å². The first-order valence-electron chi connectivity index (χ1n) is 10.1. The number of nitrogens with zero attached hydrogens (tertiary/aromatic N) is 2. The molecule has 0 atom stereocenters. The highest BCUT2D eigenvalue weighted by Gasteiger charge is 2.26. The fourth-order valence-electron chi connectivity index (χ4n) is 3.97. The van der Waals surface area contributed by atoms with Crippen molar-refractivity contribution in [2.45, 2.75) is 18.9 Å². The van der Waals surface area contributed by atoms with Gasteiger partial charge in [-0.2, -0.15) is 0 Å². The molecular formula is C24H22N2O3S. The lowest BCUT2D eigenvalue weighted by Crippen LogP contribution is -2.41. The molecule has 0 radical (unpaired) electrons. The Bertz CT molecular complexity index is 1210. The maximum absolute atomic E-state index is 13.1. The number of rotatable bonds is 4. The third-order valence-electron chi connectivity index (χ3n) is 5.59. The van der Waals surface area contributed by atoms with E-state index in [9.17, 15) is 4.79 Å². The van der Waals surface area contributed by atoms with Crippen molar-refractivity contribution in [3.8, 4) is 10.9 Å². The van der Waals surface area contributed by atoms with Crippen LogP contribution in [0.25, 0.3) is 21.0 Å². The van der Waals surface area contributed by atoms with Gasteiger partial charge in [-0.1, -0.05) is 47.7 Å². The molecule has 1 aromatic heterocycles. The fourth-order valence-corrected chi connectivity index (χ4v) is 4.83. The third kappa shape index (κ3) is 3.59. The predicted molar refractivity (Wildman–Crippen MR) is 120 cm³/mol. The number of hydrogen-bond acceptors (Lipinski definition) is 5. The number of carbonyl (C=O) groups excluding carboxylic acids is 1. The van der Waals surface area contributed by atoms with Crippen LogP contribution in [-0.4, -0.2) is 42.1 Å². The Morgan fingerprint density at radius 3 is 2.70 bits per heavy atom. The van der Waals surface area contributed by atoms with Gasteiger partial charge in [0.25, 0.3) is 11.1 Å². The summed E-state index contributed by atoms with van der Waals surface area (Å²) in [4.78, 5) is 19.6. The monoisotopic (exact) mass is 418 g/mol. The number of ether oxygens (including phenoxy) is 2. The lowest BCUT2D eigenvalue weighted by molar-refractivity contribution is 0.0597. The van der Waals surface area contributed by atoms with Crippen molar-refractivity contribution in [3.05, 3.63) is 66.2 Å².